The molecular formula is C44H56F4N8O56P12. The van der Waals surface area contributed by atoms with E-state index in [1.165, 1.54) is 0 Å². The van der Waals surface area contributed by atoms with Crippen LogP contribution in [0.4, 0.5) is 17.6 Å². The number of halogens is 4. The number of hydrogen-bond donors (Lipinski definition) is 24. The number of phosphoric ester groups is 4. The van der Waals surface area contributed by atoms with Crippen LogP contribution in [-0.2, 0) is 126 Å². The molecule has 8 heterocycles. The second kappa shape index (κ2) is 40.2. The Hall–Kier alpha value is -6.00. The van der Waals surface area contributed by atoms with E-state index in [1.807, 2.05) is 28.7 Å². The molecule has 4 aromatic heterocycles. The van der Waals surface area contributed by atoms with Crippen LogP contribution < -0.4 is 45.0 Å². The first-order valence-corrected chi connectivity index (χ1v) is 47.9. The van der Waals surface area contributed by atoms with Gasteiger partial charge in [-0.25, -0.2) is 91.5 Å². The molecule has 0 amide bonds. The topological polar surface area (TPSA) is 977 Å². The minimum Gasteiger partial charge on any atom is -0.388 e. The first-order chi connectivity index (χ1) is 58.0. The number of phosphoric acid groups is 12. The van der Waals surface area contributed by atoms with Crippen LogP contribution in [0.2, 0.25) is 0 Å². The van der Waals surface area contributed by atoms with E-state index >= 15 is 8.78 Å². The SMILES string of the molecule is C#Cc1cn([C@@H]2O[C@](F)(COP(=O)(O)OP(=O)(O)OP(=O)(O)O)C[C@H]2O)c(=O)[nH]c1=O.[2H]C([2H])(OP(=O)(O)OP(=O)(O)OP(=O)(O)O)[C@]1(F)C[C@@H](O)[C@H](n2cc(C#C)c(=O)[nH]c2=O)O1.[2H]C([2H])(OP(=O)(O)OP(=O)(O)OP(=O)(O)O)[C@]1(F)C[C@@H](O)[C@]([2H])(n2cc(C#C)c(=O)[nH]c2=O)O1.[2H][C@@]1(n2cc(C#C)c(=O)[nH]c2=O)O[C@](F)(COP(=O)(O)OP(=O)(O)OP(=O)(O)O)C[C@H]1O. The number of nitrogens with one attached hydrogen (secondary N) is 4. The van der Waals surface area contributed by atoms with Crippen molar-refractivity contribution in [1.82, 2.24) is 38.2 Å². The maximum absolute atomic E-state index is 15.3. The van der Waals surface area contributed by atoms with Crippen LogP contribution in [0.1, 0.15) is 81.0 Å². The summed E-state index contributed by atoms with van der Waals surface area (Å²) in [5, 5.41) is 40.3. The Kier molecular flexibility index (Phi) is 31.9. The lowest BCUT2D eigenvalue weighted by Gasteiger charge is -2.22. The van der Waals surface area contributed by atoms with Crippen molar-refractivity contribution >= 4 is 93.9 Å². The van der Waals surface area contributed by atoms with Crippen LogP contribution in [0.15, 0.2) is 63.1 Å². The lowest BCUT2D eigenvalue weighted by Crippen LogP contribution is -2.37. The number of aromatic amines is 4. The van der Waals surface area contributed by atoms with Gasteiger partial charge < -0.3 is 118 Å². The molecular weight excluding hydrogens is 1980 g/mol. The Morgan fingerprint density at radius 3 is 0.839 bits per heavy atom. The molecule has 64 nitrogen and oxygen atoms in total. The standard InChI is InChI=1S/4C11H14FN2O14P3/c4*1-2-6-4-14(10(17)13-8(6)16)9-7(15)3-11(12,26-9)5-25-30(21,22)28-31(23,24)27-29(18,19)20/h4*1,4,7,9,15H,3,5H2,(H,21,22)(H,23,24)(H,13,16,17)(H2,18,19,20)/t4*7-,9-,11+/m1111/s1/i5D2,9D;9D;5D2;. The van der Waals surface area contributed by atoms with E-state index in [2.05, 4.69) is 66.8 Å². The molecule has 8 unspecified atom stereocenters. The highest BCUT2D eigenvalue weighted by molar-refractivity contribution is 7.68. The molecule has 0 aromatic carbocycles. The van der Waals surface area contributed by atoms with Gasteiger partial charge in [0.1, 0.15) is 73.0 Å². The van der Waals surface area contributed by atoms with Gasteiger partial charge in [-0.2, -0.15) is 34.5 Å². The molecule has 0 bridgehead atoms. The van der Waals surface area contributed by atoms with Crippen LogP contribution in [0.3, 0.4) is 0 Å². The van der Waals surface area contributed by atoms with Gasteiger partial charge in [-0.3, -0.25) is 75.5 Å². The summed E-state index contributed by atoms with van der Waals surface area (Å²) >= 11 is 0. The molecule has 0 spiro atoms. The number of rotatable bonds is 32. The number of ether oxygens (including phenoxy) is 4. The normalized spacial score (nSPS) is 30.0. The summed E-state index contributed by atoms with van der Waals surface area (Å²) in [6.45, 7) is -11.5. The average Bonchev–Trinajstić information content (AvgIpc) is 1.58. The Morgan fingerprint density at radius 2 is 0.565 bits per heavy atom. The Labute approximate surface area is 685 Å². The number of aromatic nitrogens is 8. The molecule has 4 saturated heterocycles. The molecule has 124 heavy (non-hydrogen) atoms. The second-order valence-electron chi connectivity index (χ2n) is 22.7. The van der Waals surface area contributed by atoms with E-state index in [0.717, 1.165) is 6.20 Å². The molecule has 0 saturated carbocycles. The van der Waals surface area contributed by atoms with Crippen molar-refractivity contribution in [3.63, 3.8) is 0 Å². The summed E-state index contributed by atoms with van der Waals surface area (Å²) in [4.78, 5) is 242. The number of H-pyrrole nitrogens is 4. The fourth-order valence-corrected chi connectivity index (χ4v) is 20.7. The van der Waals surface area contributed by atoms with Gasteiger partial charge in [0, 0.05) is 50.5 Å². The van der Waals surface area contributed by atoms with Crippen molar-refractivity contribution in [2.24, 2.45) is 0 Å². The third-order valence-corrected chi connectivity index (χ3v) is 27.9. The van der Waals surface area contributed by atoms with Crippen molar-refractivity contribution in [2.75, 3.05) is 26.3 Å². The molecule has 20 atom stereocenters. The monoisotopic (exact) mass is 2050 g/mol. The predicted molar refractivity (Wildman–Crippen MR) is 375 cm³/mol. The molecule has 4 aliphatic rings. The summed E-state index contributed by atoms with van der Waals surface area (Å²) in [5.74, 6) is -6.75. The summed E-state index contributed by atoms with van der Waals surface area (Å²) in [6.07, 6.45) is -0.594. The highest BCUT2D eigenvalue weighted by atomic mass is 31.3. The van der Waals surface area contributed by atoms with E-state index in [4.69, 9.17) is 97.4 Å². The van der Waals surface area contributed by atoms with E-state index in [-0.39, 0.29) is 14.7 Å². The van der Waals surface area contributed by atoms with Crippen LogP contribution in [0.5, 0.6) is 0 Å². The number of aliphatic hydroxyl groups excluding tert-OH is 4. The van der Waals surface area contributed by atoms with Gasteiger partial charge in [-0.15, -0.1) is 25.7 Å². The molecule has 4 aliphatic heterocycles. The lowest BCUT2D eigenvalue weighted by atomic mass is 10.2. The van der Waals surface area contributed by atoms with E-state index in [0.29, 0.717) is 27.7 Å². The second-order valence-corrected chi connectivity index (χ2v) is 40.3. The molecule has 4 fully saturated rings. The fourth-order valence-electron chi connectivity index (χ4n) is 8.78. The van der Waals surface area contributed by atoms with Gasteiger partial charge in [0.05, 0.1) is 8.22 Å². The zero-order valence-corrected chi connectivity index (χ0v) is 69.4. The Balaban J connectivity index is 0.000000307. The molecule has 80 heteroatoms. The van der Waals surface area contributed by atoms with Crippen molar-refractivity contribution < 1.29 is 251 Å². The van der Waals surface area contributed by atoms with Gasteiger partial charge in [0.2, 0.25) is 23.4 Å². The summed E-state index contributed by atoms with van der Waals surface area (Å²) in [5.41, 5.74) is -11.2. The largest absolute Gasteiger partial charge is 0.490 e. The Morgan fingerprint density at radius 1 is 0.355 bits per heavy atom. The first kappa shape index (κ1) is 98.6. The van der Waals surface area contributed by atoms with Gasteiger partial charge in [-0.05, 0) is 0 Å². The molecule has 8 rings (SSSR count). The van der Waals surface area contributed by atoms with E-state index in [1.54, 1.807) is 15.0 Å². The molecule has 0 radical (unpaired) electrons. The minimum atomic E-state index is -6.24. The van der Waals surface area contributed by atoms with E-state index in [9.17, 15) is 142 Å². The number of terminal acetylenes is 4. The number of aliphatic hydroxyl groups is 4. The van der Waals surface area contributed by atoms with Crippen molar-refractivity contribution in [3.8, 4) is 49.4 Å². The van der Waals surface area contributed by atoms with Gasteiger partial charge >= 0.3 is 117 Å². The number of hydrogen-bond acceptors (Lipinski definition) is 40. The van der Waals surface area contributed by atoms with Gasteiger partial charge in [-0.1, -0.05) is 23.7 Å². The maximum atomic E-state index is 15.3. The van der Waals surface area contributed by atoms with E-state index < -0.39 is 280 Å². The third-order valence-electron chi connectivity index (χ3n) is 13.0. The summed E-state index contributed by atoms with van der Waals surface area (Å²) in [7, 11) is -70.4. The lowest BCUT2D eigenvalue weighted by molar-refractivity contribution is -0.178. The van der Waals surface area contributed by atoms with Gasteiger partial charge in [0.15, 0.2) is 24.9 Å². The average molecular weight is 2050 g/mol. The Bertz CT molecular complexity index is 6390. The summed E-state index contributed by atoms with van der Waals surface area (Å²) < 4.78 is 304. The molecule has 0 aliphatic carbocycles. The van der Waals surface area contributed by atoms with Crippen molar-refractivity contribution in [3.05, 3.63) is 130 Å². The quantitative estimate of drug-likeness (QED) is 0.0124. The highest BCUT2D eigenvalue weighted by Gasteiger charge is 2.56. The number of nitrogens with zero attached hydrogens (tertiary/aromatic N) is 4. The van der Waals surface area contributed by atoms with Crippen LogP contribution in [0, 0.1) is 49.4 Å². The zero-order chi connectivity index (χ0) is 101. The maximum Gasteiger partial charge on any atom is 0.490 e. The van der Waals surface area contributed by atoms with Crippen LogP contribution in [-0.4, -0.2) is 211 Å². The third kappa shape index (κ3) is 33.5. The fraction of sp³-hybridized carbons (Fsp3) is 0.455. The summed E-state index contributed by atoms with van der Waals surface area (Å²) in [6, 6.07) is 0. The predicted octanol–water partition coefficient (Wildman–Crippen LogP) is -4.77. The molecule has 4 aromatic rings. The van der Waals surface area contributed by atoms with Crippen LogP contribution in [0.25, 0.3) is 0 Å². The van der Waals surface area contributed by atoms with Crippen LogP contribution >= 0.6 is 93.9 Å². The molecule has 696 valence electrons. The number of alkyl halides is 4. The zero-order valence-electron chi connectivity index (χ0n) is 64.6. The van der Waals surface area contributed by atoms with Crippen molar-refractivity contribution in [2.45, 2.75) is 98.4 Å². The smallest absolute Gasteiger partial charge is 0.388 e. The minimum absolute atomic E-state index is 0.0799. The first-order valence-electron chi connectivity index (χ1n) is 32.8. The molecule has 24 N–H and O–H groups in total. The van der Waals surface area contributed by atoms with Crippen molar-refractivity contribution in [1.29, 1.82) is 0 Å². The highest BCUT2D eigenvalue weighted by Crippen LogP contribution is 2.70. The van der Waals surface area contributed by atoms with Gasteiger partial charge in [0.25, 0.3) is 22.2 Å².